The zero-order valence-corrected chi connectivity index (χ0v) is 12.3. The number of nitrogens with zero attached hydrogens (tertiary/aromatic N) is 1. The zero-order valence-electron chi connectivity index (χ0n) is 4.79. The third-order valence-electron chi connectivity index (χ3n) is 0.907. The molecule has 0 saturated carbocycles. The number of halogens is 3. The second-order valence-corrected chi connectivity index (χ2v) is 35.8. The van der Waals surface area contributed by atoms with Gasteiger partial charge in [-0.2, -0.15) is 0 Å². The summed E-state index contributed by atoms with van der Waals surface area (Å²) in [5.74, 6) is 0. The Bertz CT molecular complexity index is 71.4. The van der Waals surface area contributed by atoms with Crippen molar-refractivity contribution in [3.8, 4) is 0 Å². The SMILES string of the molecule is CCN(C)[Si](I)(I)I. The smallest absolute Gasteiger partial charge is 0.303 e. The van der Waals surface area contributed by atoms with Gasteiger partial charge in [0.15, 0.2) is 0 Å². The van der Waals surface area contributed by atoms with Crippen LogP contribution in [0, 0.1) is 0 Å². The topological polar surface area (TPSA) is 3.24 Å². The van der Waals surface area contributed by atoms with Crippen molar-refractivity contribution in [3.63, 3.8) is 0 Å². The first kappa shape index (κ1) is 10.4. The Morgan fingerprint density at radius 3 is 1.75 bits per heavy atom. The molecule has 0 rings (SSSR count). The first-order chi connectivity index (χ1) is 3.48. The van der Waals surface area contributed by atoms with Crippen molar-refractivity contribution < 1.29 is 0 Å². The van der Waals surface area contributed by atoms with E-state index in [2.05, 4.69) is 83.9 Å². The molecule has 50 valence electrons. The molecule has 8 heavy (non-hydrogen) atoms. The maximum atomic E-state index is 2.54. The van der Waals surface area contributed by atoms with Gasteiger partial charge in [-0.3, -0.25) is 0 Å². The molecule has 0 fully saturated rings. The molecule has 0 aromatic rings. The Labute approximate surface area is 89.7 Å². The van der Waals surface area contributed by atoms with Crippen LogP contribution in [0.1, 0.15) is 6.92 Å². The summed E-state index contributed by atoms with van der Waals surface area (Å²) in [7, 11) is 2.18. The van der Waals surface area contributed by atoms with E-state index < -0.39 is 0.725 Å². The Balaban J connectivity index is 3.62. The molecule has 0 N–H and O–H groups in total. The lowest BCUT2D eigenvalue weighted by Gasteiger charge is -2.21. The summed E-state index contributed by atoms with van der Waals surface area (Å²) >= 11 is 7.62. The summed E-state index contributed by atoms with van der Waals surface area (Å²) < 4.78 is 1.39. The Morgan fingerprint density at radius 2 is 1.75 bits per heavy atom. The molecule has 0 heterocycles. The molecule has 0 unspecified atom stereocenters. The Kier molecular flexibility index (Phi) is 5.56. The molecule has 0 radical (unpaired) electrons. The van der Waals surface area contributed by atoms with Crippen molar-refractivity contribution in [2.45, 2.75) is 6.92 Å². The van der Waals surface area contributed by atoms with Crippen molar-refractivity contribution in [2.75, 3.05) is 13.6 Å². The van der Waals surface area contributed by atoms with Crippen LogP contribution in [0.3, 0.4) is 0 Å². The van der Waals surface area contributed by atoms with E-state index in [1.807, 2.05) is 0 Å². The minimum atomic E-state index is -1.02. The second-order valence-electron chi connectivity index (χ2n) is 1.48. The van der Waals surface area contributed by atoms with Crippen molar-refractivity contribution in [3.05, 3.63) is 0 Å². The van der Waals surface area contributed by atoms with Crippen molar-refractivity contribution in [2.24, 2.45) is 0 Å². The summed E-state index contributed by atoms with van der Waals surface area (Å²) in [5.41, 5.74) is 0. The maximum absolute atomic E-state index is 2.54. The van der Waals surface area contributed by atoms with Gasteiger partial charge >= 0.3 is 0.725 Å². The van der Waals surface area contributed by atoms with Crippen LogP contribution in [0.15, 0.2) is 0 Å². The van der Waals surface area contributed by atoms with E-state index in [4.69, 9.17) is 0 Å². The highest BCUT2D eigenvalue weighted by Crippen LogP contribution is 2.31. The van der Waals surface area contributed by atoms with Crippen LogP contribution in [-0.4, -0.2) is 18.9 Å². The van der Waals surface area contributed by atoms with Gasteiger partial charge in [0, 0.05) is 0 Å². The summed E-state index contributed by atoms with van der Waals surface area (Å²) in [6.45, 7) is 3.36. The normalized spacial score (nSPS) is 12.8. The van der Waals surface area contributed by atoms with Crippen LogP contribution in [-0.2, 0) is 0 Å². The van der Waals surface area contributed by atoms with Crippen LogP contribution >= 0.6 is 65.4 Å². The molecule has 0 aromatic carbocycles. The molecule has 0 aliphatic carbocycles. The molecule has 0 atom stereocenters. The predicted molar refractivity (Wildman–Crippen MR) is 66.1 cm³/mol. The van der Waals surface area contributed by atoms with Crippen LogP contribution in [0.5, 0.6) is 0 Å². The molecule has 0 bridgehead atoms. The fourth-order valence-corrected chi connectivity index (χ4v) is 3.61. The highest BCUT2D eigenvalue weighted by molar-refractivity contribution is 14.4. The third kappa shape index (κ3) is 4.23. The van der Waals surface area contributed by atoms with E-state index in [1.54, 1.807) is 0 Å². The first-order valence-corrected chi connectivity index (χ1v) is 13.6. The van der Waals surface area contributed by atoms with E-state index in [1.165, 1.54) is 6.54 Å². The van der Waals surface area contributed by atoms with E-state index in [-0.39, 0.29) is 0 Å². The van der Waals surface area contributed by atoms with Gasteiger partial charge in [0.1, 0.15) is 0 Å². The number of rotatable bonds is 2. The van der Waals surface area contributed by atoms with E-state index in [0.29, 0.717) is 0 Å². The van der Waals surface area contributed by atoms with Gasteiger partial charge in [-0.15, -0.1) is 0 Å². The van der Waals surface area contributed by atoms with Crippen molar-refractivity contribution in [1.82, 2.24) is 4.57 Å². The highest BCUT2D eigenvalue weighted by atomic mass is 127. The van der Waals surface area contributed by atoms with Crippen LogP contribution in [0.25, 0.3) is 0 Å². The quantitative estimate of drug-likeness (QED) is 0.344. The van der Waals surface area contributed by atoms with E-state index in [9.17, 15) is 0 Å². The van der Waals surface area contributed by atoms with E-state index >= 15 is 0 Å². The second kappa shape index (κ2) is 4.29. The van der Waals surface area contributed by atoms with Gasteiger partial charge < -0.3 is 4.57 Å². The van der Waals surface area contributed by atoms with Gasteiger partial charge in [-0.25, -0.2) is 0 Å². The summed E-state index contributed by atoms with van der Waals surface area (Å²) in [6, 6.07) is 0. The Morgan fingerprint density at radius 1 is 1.38 bits per heavy atom. The molecular formula is C3H8I3NSi. The average Bonchev–Trinajstić information content (AvgIpc) is 1.62. The lowest BCUT2D eigenvalue weighted by molar-refractivity contribution is 0.576. The minimum absolute atomic E-state index is 1.02. The number of hydrogen-bond donors (Lipinski definition) is 0. The van der Waals surface area contributed by atoms with Gasteiger partial charge in [0.05, 0.1) is 0 Å². The first-order valence-electron chi connectivity index (χ1n) is 2.26. The van der Waals surface area contributed by atoms with Gasteiger partial charge in [-0.1, -0.05) is 72.3 Å². The van der Waals surface area contributed by atoms with E-state index in [0.717, 1.165) is 0 Å². The van der Waals surface area contributed by atoms with Crippen molar-refractivity contribution in [1.29, 1.82) is 0 Å². The van der Waals surface area contributed by atoms with Gasteiger partial charge in [0.2, 0.25) is 0 Å². The standard InChI is InChI=1S/C3H8I3NSi/c1-3-7(2)8(4,5)6/h3H2,1-2H3. The lowest BCUT2D eigenvalue weighted by Crippen LogP contribution is -2.34. The number of hydrogen-bond acceptors (Lipinski definition) is 1. The molecule has 0 spiro atoms. The molecular weight excluding hydrogens is 459 g/mol. The molecule has 0 amide bonds. The summed E-state index contributed by atoms with van der Waals surface area (Å²) in [4.78, 5) is 0. The average molecular weight is 467 g/mol. The van der Waals surface area contributed by atoms with Gasteiger partial charge in [-0.05, 0) is 13.6 Å². The molecule has 5 heteroatoms. The molecule has 0 aromatic heterocycles. The predicted octanol–water partition coefficient (Wildman–Crippen LogP) is 2.68. The summed E-state index contributed by atoms with van der Waals surface area (Å²) in [6.07, 6.45) is 0. The largest absolute Gasteiger partial charge is 0.328 e. The minimum Gasteiger partial charge on any atom is -0.303 e. The maximum Gasteiger partial charge on any atom is 0.328 e. The fourth-order valence-electron chi connectivity index (χ4n) is 0.179. The monoisotopic (exact) mass is 467 g/mol. The fraction of sp³-hybridized carbons (Fsp3) is 1.00. The summed E-state index contributed by atoms with van der Waals surface area (Å²) in [5, 5.41) is 0. The zero-order chi connectivity index (χ0) is 6.78. The molecule has 0 saturated heterocycles. The molecule has 0 aliphatic heterocycles. The lowest BCUT2D eigenvalue weighted by atomic mass is 10.8. The molecule has 0 aliphatic rings. The van der Waals surface area contributed by atoms with Crippen molar-refractivity contribution >= 4 is 66.1 Å². The molecule has 1 nitrogen and oxygen atoms in total. The van der Waals surface area contributed by atoms with Crippen LogP contribution < -0.4 is 0 Å². The van der Waals surface area contributed by atoms with Crippen LogP contribution in [0.4, 0.5) is 0 Å². The van der Waals surface area contributed by atoms with Gasteiger partial charge in [0.25, 0.3) is 0 Å². The third-order valence-corrected chi connectivity index (χ3v) is 9.50. The van der Waals surface area contributed by atoms with Crippen LogP contribution in [0.2, 0.25) is 0 Å². The highest BCUT2D eigenvalue weighted by Gasteiger charge is 2.26. The Hall–Kier alpha value is 2.37.